The third-order valence-corrected chi connectivity index (χ3v) is 4.79. The number of rotatable bonds is 9. The average molecular weight is 517 g/mol. The van der Waals surface area contributed by atoms with E-state index < -0.39 is 0 Å². The fourth-order valence-corrected chi connectivity index (χ4v) is 3.08. The van der Waals surface area contributed by atoms with Gasteiger partial charge in [-0.25, -0.2) is 4.99 Å². The molecule has 0 radical (unpaired) electrons. The lowest BCUT2D eigenvalue weighted by Gasteiger charge is -2.34. The molecule has 0 aromatic heterocycles. The summed E-state index contributed by atoms with van der Waals surface area (Å²) in [4.78, 5) is 20.4. The van der Waals surface area contributed by atoms with E-state index >= 15 is 0 Å². The van der Waals surface area contributed by atoms with E-state index in [0.717, 1.165) is 52.1 Å². The number of aliphatic imine (C=N–C) groups is 1. The van der Waals surface area contributed by atoms with Crippen LogP contribution in [0.1, 0.15) is 26.2 Å². The number of para-hydroxylation sites is 1. The maximum absolute atomic E-state index is 11.9. The molecule has 1 aromatic rings. The van der Waals surface area contributed by atoms with Crippen molar-refractivity contribution in [3.8, 4) is 0 Å². The van der Waals surface area contributed by atoms with Crippen molar-refractivity contribution in [3.63, 3.8) is 0 Å². The summed E-state index contributed by atoms with van der Waals surface area (Å²) >= 11 is 0. The Bertz CT molecular complexity index is 604. The highest BCUT2D eigenvalue weighted by Gasteiger charge is 2.20. The van der Waals surface area contributed by atoms with Gasteiger partial charge in [0.15, 0.2) is 5.96 Å². The smallest absolute Gasteiger partial charge is 0.243 e. The third kappa shape index (κ3) is 9.66. The summed E-state index contributed by atoms with van der Waals surface area (Å²) in [6.45, 7) is 6.39. The standard InChI is InChI=1S/C21H35N5O2.HI/c1-4-28-16-8-13-22-21(23-17-20(27)25(2)3)24-18-11-14-26(15-12-18)19-9-6-5-7-10-19;/h5-7,9-10,18H,4,8,11-17H2,1-3H3,(H2,22,23,24);1H. The van der Waals surface area contributed by atoms with Crippen molar-refractivity contribution in [2.45, 2.75) is 32.2 Å². The van der Waals surface area contributed by atoms with Gasteiger partial charge in [-0.2, -0.15) is 0 Å². The zero-order valence-corrected chi connectivity index (χ0v) is 20.2. The number of likely N-dealkylation sites (N-methyl/N-ethyl adjacent to an activating group) is 1. The maximum atomic E-state index is 11.9. The van der Waals surface area contributed by atoms with E-state index in [1.54, 1.807) is 19.0 Å². The normalized spacial score (nSPS) is 14.9. The fourth-order valence-electron chi connectivity index (χ4n) is 3.08. The van der Waals surface area contributed by atoms with Gasteiger partial charge in [0.05, 0.1) is 0 Å². The largest absolute Gasteiger partial charge is 0.382 e. The molecule has 2 rings (SSSR count). The molecule has 8 heteroatoms. The molecule has 164 valence electrons. The van der Waals surface area contributed by atoms with Crippen molar-refractivity contribution in [1.82, 2.24) is 15.5 Å². The molecule has 1 amide bonds. The summed E-state index contributed by atoms with van der Waals surface area (Å²) < 4.78 is 5.38. The molecule has 1 saturated heterocycles. The van der Waals surface area contributed by atoms with Crippen LogP contribution in [-0.2, 0) is 9.53 Å². The van der Waals surface area contributed by atoms with Gasteiger partial charge in [-0.1, -0.05) is 18.2 Å². The van der Waals surface area contributed by atoms with E-state index in [2.05, 4.69) is 44.8 Å². The quantitative estimate of drug-likeness (QED) is 0.228. The molecule has 0 atom stereocenters. The first kappa shape index (κ1) is 25.5. The molecule has 0 spiro atoms. The predicted molar refractivity (Wildman–Crippen MR) is 130 cm³/mol. The van der Waals surface area contributed by atoms with Crippen LogP contribution in [0.25, 0.3) is 0 Å². The van der Waals surface area contributed by atoms with Crippen LogP contribution in [0.3, 0.4) is 0 Å². The Morgan fingerprint density at radius 1 is 1.24 bits per heavy atom. The van der Waals surface area contributed by atoms with E-state index in [4.69, 9.17) is 4.74 Å². The molecule has 1 aliphatic rings. The summed E-state index contributed by atoms with van der Waals surface area (Å²) in [6, 6.07) is 10.9. The van der Waals surface area contributed by atoms with Crippen molar-refractivity contribution in [2.24, 2.45) is 4.99 Å². The number of hydrogen-bond donors (Lipinski definition) is 2. The van der Waals surface area contributed by atoms with E-state index in [1.165, 1.54) is 5.69 Å². The van der Waals surface area contributed by atoms with Crippen molar-refractivity contribution in [1.29, 1.82) is 0 Å². The van der Waals surface area contributed by atoms with Gasteiger partial charge in [0.25, 0.3) is 0 Å². The lowest BCUT2D eigenvalue weighted by Crippen LogP contribution is -2.49. The van der Waals surface area contributed by atoms with E-state index in [0.29, 0.717) is 12.0 Å². The highest BCUT2D eigenvalue weighted by Crippen LogP contribution is 2.19. The number of ether oxygens (including phenoxy) is 1. The van der Waals surface area contributed by atoms with Crippen LogP contribution in [0.4, 0.5) is 5.69 Å². The van der Waals surface area contributed by atoms with E-state index in [9.17, 15) is 4.79 Å². The molecule has 2 N–H and O–H groups in total. The minimum absolute atomic E-state index is 0. The molecule has 1 aliphatic heterocycles. The lowest BCUT2D eigenvalue weighted by atomic mass is 10.0. The zero-order valence-electron chi connectivity index (χ0n) is 17.9. The van der Waals surface area contributed by atoms with Crippen molar-refractivity contribution < 1.29 is 9.53 Å². The Morgan fingerprint density at radius 2 is 1.93 bits per heavy atom. The van der Waals surface area contributed by atoms with Gasteiger partial charge in [0.1, 0.15) is 6.54 Å². The van der Waals surface area contributed by atoms with Gasteiger partial charge in [-0.15, -0.1) is 24.0 Å². The highest BCUT2D eigenvalue weighted by molar-refractivity contribution is 14.0. The minimum Gasteiger partial charge on any atom is -0.382 e. The zero-order chi connectivity index (χ0) is 20.2. The molecule has 1 heterocycles. The van der Waals surface area contributed by atoms with Crippen molar-refractivity contribution >= 4 is 41.5 Å². The summed E-state index contributed by atoms with van der Waals surface area (Å²) in [5.41, 5.74) is 1.28. The monoisotopic (exact) mass is 517 g/mol. The van der Waals surface area contributed by atoms with Crippen LogP contribution in [0.2, 0.25) is 0 Å². The molecule has 29 heavy (non-hydrogen) atoms. The molecule has 0 unspecified atom stereocenters. The number of halogens is 1. The predicted octanol–water partition coefficient (Wildman–Crippen LogP) is 2.32. The number of hydrogen-bond acceptors (Lipinski definition) is 4. The summed E-state index contributed by atoms with van der Waals surface area (Å²) in [5.74, 6) is 0.708. The first-order chi connectivity index (χ1) is 13.6. The Labute approximate surface area is 192 Å². The first-order valence-electron chi connectivity index (χ1n) is 10.2. The number of carbonyl (C=O) groups excluding carboxylic acids is 1. The summed E-state index contributed by atoms with van der Waals surface area (Å²) in [7, 11) is 3.50. The molecule has 0 aliphatic carbocycles. The van der Waals surface area contributed by atoms with Crippen LogP contribution in [0, 0.1) is 0 Å². The SMILES string of the molecule is CCOCCCNC(=NCC(=O)N(C)C)NC1CCN(c2ccccc2)CC1.I. The van der Waals surface area contributed by atoms with Crippen LogP contribution in [0.5, 0.6) is 0 Å². The summed E-state index contributed by atoms with van der Waals surface area (Å²) in [6.07, 6.45) is 2.98. The second-order valence-corrected chi connectivity index (χ2v) is 7.17. The first-order valence-corrected chi connectivity index (χ1v) is 10.2. The van der Waals surface area contributed by atoms with Crippen LogP contribution >= 0.6 is 24.0 Å². The second-order valence-electron chi connectivity index (χ2n) is 7.17. The Balaban J connectivity index is 0.00000420. The molecule has 0 saturated carbocycles. The number of anilines is 1. The third-order valence-electron chi connectivity index (χ3n) is 4.79. The molecular formula is C21H36IN5O2. The van der Waals surface area contributed by atoms with Gasteiger partial charge < -0.3 is 25.2 Å². The van der Waals surface area contributed by atoms with Crippen molar-refractivity contribution in [2.75, 3.05) is 58.4 Å². The number of carbonyl (C=O) groups is 1. The molecular weight excluding hydrogens is 481 g/mol. The number of benzene rings is 1. The van der Waals surface area contributed by atoms with Gasteiger partial charge in [-0.05, 0) is 38.3 Å². The Hall–Kier alpha value is -1.55. The average Bonchev–Trinajstić information content (AvgIpc) is 2.72. The van der Waals surface area contributed by atoms with Crippen molar-refractivity contribution in [3.05, 3.63) is 30.3 Å². The molecule has 0 bridgehead atoms. The van der Waals surface area contributed by atoms with Crippen LogP contribution in [0.15, 0.2) is 35.3 Å². The number of nitrogens with zero attached hydrogens (tertiary/aromatic N) is 3. The van der Waals surface area contributed by atoms with Gasteiger partial charge in [0.2, 0.25) is 5.91 Å². The molecule has 1 aromatic carbocycles. The van der Waals surface area contributed by atoms with Gasteiger partial charge in [-0.3, -0.25) is 4.79 Å². The Morgan fingerprint density at radius 3 is 2.55 bits per heavy atom. The second kappa shape index (κ2) is 14.4. The number of piperidine rings is 1. The van der Waals surface area contributed by atoms with Crippen LogP contribution in [-0.4, -0.2) is 76.3 Å². The number of nitrogens with one attached hydrogen (secondary N) is 2. The summed E-state index contributed by atoms with van der Waals surface area (Å²) in [5, 5.41) is 6.85. The number of amides is 1. The van der Waals surface area contributed by atoms with E-state index in [1.807, 2.05) is 13.0 Å². The highest BCUT2D eigenvalue weighted by atomic mass is 127. The van der Waals surface area contributed by atoms with Gasteiger partial charge in [0, 0.05) is 58.7 Å². The lowest BCUT2D eigenvalue weighted by molar-refractivity contribution is -0.127. The minimum atomic E-state index is -0.00527. The van der Waals surface area contributed by atoms with Crippen LogP contribution < -0.4 is 15.5 Å². The topological polar surface area (TPSA) is 69.2 Å². The molecule has 1 fully saturated rings. The van der Waals surface area contributed by atoms with E-state index in [-0.39, 0.29) is 36.4 Å². The maximum Gasteiger partial charge on any atom is 0.243 e. The number of guanidine groups is 1. The molecule has 7 nitrogen and oxygen atoms in total. The Kier molecular flexibility index (Phi) is 12.7. The van der Waals surface area contributed by atoms with Gasteiger partial charge >= 0.3 is 0 Å². The fraction of sp³-hybridized carbons (Fsp3) is 0.619.